The number of carbonyl (C=O) groups is 1. The lowest BCUT2D eigenvalue weighted by Crippen LogP contribution is -2.28. The van der Waals surface area contributed by atoms with Crippen LogP contribution in [0.2, 0.25) is 0 Å². The topological polar surface area (TPSA) is 102 Å². The van der Waals surface area contributed by atoms with Gasteiger partial charge in [-0.1, -0.05) is 31.2 Å². The third-order valence-corrected chi connectivity index (χ3v) is 5.53. The van der Waals surface area contributed by atoms with E-state index in [0.717, 1.165) is 16.7 Å². The third kappa shape index (κ3) is 3.80. The molecule has 0 amide bonds. The van der Waals surface area contributed by atoms with Gasteiger partial charge >= 0.3 is 0 Å². The van der Waals surface area contributed by atoms with E-state index in [1.54, 1.807) is 60.7 Å². The van der Waals surface area contributed by atoms with Gasteiger partial charge in [0.25, 0.3) is 0 Å². The summed E-state index contributed by atoms with van der Waals surface area (Å²) in [4.78, 5) is 13.2. The zero-order valence-electron chi connectivity index (χ0n) is 17.0. The Hall–Kier alpha value is -3.93. The van der Waals surface area contributed by atoms with Crippen LogP contribution in [0.25, 0.3) is 5.70 Å². The van der Waals surface area contributed by atoms with Crippen molar-refractivity contribution in [3.05, 3.63) is 95.1 Å². The summed E-state index contributed by atoms with van der Waals surface area (Å²) in [6.45, 7) is 1.99. The second-order valence-corrected chi connectivity index (χ2v) is 7.49. The van der Waals surface area contributed by atoms with Crippen LogP contribution in [0.15, 0.2) is 88.6 Å². The zero-order valence-corrected chi connectivity index (χ0v) is 17.0. The van der Waals surface area contributed by atoms with Gasteiger partial charge < -0.3 is 15.3 Å². The van der Waals surface area contributed by atoms with Crippen LogP contribution in [-0.4, -0.2) is 21.1 Å². The lowest BCUT2D eigenvalue weighted by atomic mass is 9.76. The van der Waals surface area contributed by atoms with Crippen LogP contribution in [0.4, 0.5) is 0 Å². The Balaban J connectivity index is 1.85. The number of nitrogens with zero attached hydrogens (tertiary/aromatic N) is 2. The molecule has 0 saturated heterocycles. The summed E-state index contributed by atoms with van der Waals surface area (Å²) < 4.78 is 0. The fourth-order valence-electron chi connectivity index (χ4n) is 3.99. The molecule has 1 atom stereocenters. The molecule has 0 spiro atoms. The van der Waals surface area contributed by atoms with Crippen molar-refractivity contribution >= 4 is 11.5 Å². The Morgan fingerprint density at radius 3 is 2.13 bits per heavy atom. The van der Waals surface area contributed by atoms with E-state index in [0.29, 0.717) is 17.7 Å². The molecule has 156 valence electrons. The zero-order chi connectivity index (χ0) is 22.0. The number of Topliss-reactive ketones (excluding diaryl/α,β-unsaturated/α-hetero) is 1. The standard InChI is InChI=1S/C25H22N2O4/c1-2-22-24(16-6-10-19(28)11-7-16)26-27-25(22,18-8-12-20(29)13-9-18)15-23(31)17-4-3-5-21(30)14-17/h3-14,28-30H,2,15H2,1H3. The summed E-state index contributed by atoms with van der Waals surface area (Å²) in [6.07, 6.45) is 0.618. The van der Waals surface area contributed by atoms with Gasteiger partial charge in [0.05, 0.1) is 5.70 Å². The maximum atomic E-state index is 13.2. The van der Waals surface area contributed by atoms with Crippen molar-refractivity contribution in [2.45, 2.75) is 25.3 Å². The molecule has 3 N–H and O–H groups in total. The maximum Gasteiger partial charge on any atom is 0.166 e. The molecule has 1 unspecified atom stereocenters. The lowest BCUT2D eigenvalue weighted by molar-refractivity contribution is 0.0958. The first-order valence-corrected chi connectivity index (χ1v) is 10.0. The Morgan fingerprint density at radius 2 is 1.52 bits per heavy atom. The van der Waals surface area contributed by atoms with Gasteiger partial charge in [0, 0.05) is 17.5 Å². The second kappa shape index (κ2) is 8.07. The Bertz CT molecular complexity index is 1180. The average molecular weight is 414 g/mol. The van der Waals surface area contributed by atoms with Gasteiger partial charge in [-0.2, -0.15) is 10.2 Å². The molecule has 0 fully saturated rings. The number of phenols is 3. The number of benzene rings is 3. The first kappa shape index (κ1) is 20.3. The van der Waals surface area contributed by atoms with Crippen molar-refractivity contribution in [3.8, 4) is 17.2 Å². The molecule has 1 heterocycles. The van der Waals surface area contributed by atoms with Crippen LogP contribution in [0.1, 0.15) is 41.3 Å². The van der Waals surface area contributed by atoms with Crippen molar-refractivity contribution < 1.29 is 20.1 Å². The molecule has 1 aliphatic rings. The van der Waals surface area contributed by atoms with Gasteiger partial charge in [-0.3, -0.25) is 4.79 Å². The Kier molecular flexibility index (Phi) is 5.29. The van der Waals surface area contributed by atoms with Gasteiger partial charge in [0.1, 0.15) is 22.8 Å². The number of phenolic OH excluding ortho intramolecular Hbond substituents is 3. The van der Waals surface area contributed by atoms with E-state index in [4.69, 9.17) is 0 Å². The van der Waals surface area contributed by atoms with Crippen molar-refractivity contribution in [2.75, 3.05) is 0 Å². The molecule has 0 aliphatic carbocycles. The number of hydrogen-bond donors (Lipinski definition) is 3. The fraction of sp³-hybridized carbons (Fsp3) is 0.160. The molecule has 4 rings (SSSR count). The van der Waals surface area contributed by atoms with Crippen LogP contribution in [-0.2, 0) is 5.54 Å². The number of carbonyl (C=O) groups excluding carboxylic acids is 1. The summed E-state index contributed by atoms with van der Waals surface area (Å²) in [5.74, 6) is 0.115. The van der Waals surface area contributed by atoms with E-state index < -0.39 is 5.54 Å². The molecule has 0 bridgehead atoms. The number of ketones is 1. The van der Waals surface area contributed by atoms with E-state index in [9.17, 15) is 20.1 Å². The summed E-state index contributed by atoms with van der Waals surface area (Å²) in [6, 6.07) is 19.6. The first-order valence-electron chi connectivity index (χ1n) is 10.0. The smallest absolute Gasteiger partial charge is 0.166 e. The minimum atomic E-state index is -1.03. The number of azo groups is 1. The number of rotatable bonds is 6. The average Bonchev–Trinajstić information content (AvgIpc) is 3.13. The predicted octanol–water partition coefficient (Wildman–Crippen LogP) is 5.56. The van der Waals surface area contributed by atoms with Crippen LogP contribution < -0.4 is 0 Å². The SMILES string of the molecule is CCC1=C(c2ccc(O)cc2)N=NC1(CC(=O)c1cccc(O)c1)c1ccc(O)cc1. The fourth-order valence-corrected chi connectivity index (χ4v) is 3.99. The highest BCUT2D eigenvalue weighted by molar-refractivity contribution is 5.98. The monoisotopic (exact) mass is 414 g/mol. The summed E-state index contributed by atoms with van der Waals surface area (Å²) in [5.41, 5.74) is 2.44. The Labute approximate surface area is 179 Å². The minimum absolute atomic E-state index is 0.0219. The van der Waals surface area contributed by atoms with E-state index in [1.807, 2.05) is 6.92 Å². The van der Waals surface area contributed by atoms with E-state index in [2.05, 4.69) is 10.2 Å². The number of aromatic hydroxyl groups is 3. The third-order valence-electron chi connectivity index (χ3n) is 5.53. The van der Waals surface area contributed by atoms with Crippen LogP contribution in [0.3, 0.4) is 0 Å². The second-order valence-electron chi connectivity index (χ2n) is 7.49. The highest BCUT2D eigenvalue weighted by Crippen LogP contribution is 2.49. The van der Waals surface area contributed by atoms with E-state index in [1.165, 1.54) is 12.1 Å². The molecule has 0 saturated carbocycles. The number of hydrogen-bond acceptors (Lipinski definition) is 6. The molecule has 0 radical (unpaired) electrons. The normalized spacial score (nSPS) is 17.8. The van der Waals surface area contributed by atoms with Gasteiger partial charge in [-0.05, 0) is 66.1 Å². The molecule has 3 aromatic carbocycles. The van der Waals surface area contributed by atoms with Gasteiger partial charge in [0.2, 0.25) is 0 Å². The van der Waals surface area contributed by atoms with Crippen molar-refractivity contribution in [1.82, 2.24) is 0 Å². The van der Waals surface area contributed by atoms with E-state index in [-0.39, 0.29) is 29.5 Å². The van der Waals surface area contributed by atoms with Crippen molar-refractivity contribution in [1.29, 1.82) is 0 Å². The van der Waals surface area contributed by atoms with Crippen LogP contribution in [0, 0.1) is 0 Å². The van der Waals surface area contributed by atoms with Gasteiger partial charge in [-0.25, -0.2) is 0 Å². The summed E-state index contributed by atoms with van der Waals surface area (Å²) in [5, 5.41) is 38.3. The minimum Gasteiger partial charge on any atom is -0.508 e. The van der Waals surface area contributed by atoms with Crippen LogP contribution in [0.5, 0.6) is 17.2 Å². The largest absolute Gasteiger partial charge is 0.508 e. The quantitative estimate of drug-likeness (QED) is 0.460. The molecule has 31 heavy (non-hydrogen) atoms. The molecule has 6 heteroatoms. The Morgan fingerprint density at radius 1 is 0.871 bits per heavy atom. The highest BCUT2D eigenvalue weighted by Gasteiger charge is 2.43. The molecule has 3 aromatic rings. The summed E-state index contributed by atoms with van der Waals surface area (Å²) >= 11 is 0. The summed E-state index contributed by atoms with van der Waals surface area (Å²) in [7, 11) is 0. The maximum absolute atomic E-state index is 13.2. The first-order chi connectivity index (χ1) is 14.9. The van der Waals surface area contributed by atoms with Crippen molar-refractivity contribution in [2.24, 2.45) is 10.2 Å². The molecule has 0 aromatic heterocycles. The van der Waals surface area contributed by atoms with Crippen molar-refractivity contribution in [3.63, 3.8) is 0 Å². The lowest BCUT2D eigenvalue weighted by Gasteiger charge is -2.28. The molecular formula is C25H22N2O4. The van der Waals surface area contributed by atoms with Gasteiger partial charge in [-0.15, -0.1) is 0 Å². The van der Waals surface area contributed by atoms with Crippen LogP contribution >= 0.6 is 0 Å². The van der Waals surface area contributed by atoms with E-state index >= 15 is 0 Å². The highest BCUT2D eigenvalue weighted by atomic mass is 16.3. The molecule has 1 aliphatic heterocycles. The van der Waals surface area contributed by atoms with Gasteiger partial charge in [0.15, 0.2) is 5.78 Å². The molecular weight excluding hydrogens is 392 g/mol. The molecule has 6 nitrogen and oxygen atoms in total. The predicted molar refractivity (Wildman–Crippen MR) is 117 cm³/mol.